The molecule has 2 rings (SSSR count). The van der Waals surface area contributed by atoms with Crippen LogP contribution in [-0.4, -0.2) is 5.91 Å². The molecular weight excluding hydrogens is 243 g/mol. The molecule has 0 bridgehead atoms. The number of carbonyl (C=O) groups is 1. The van der Waals surface area contributed by atoms with Crippen LogP contribution in [0.4, 0.5) is 4.39 Å². The summed E-state index contributed by atoms with van der Waals surface area (Å²) < 4.78 is 13.0. The molecule has 0 aliphatic carbocycles. The summed E-state index contributed by atoms with van der Waals surface area (Å²) in [6, 6.07) is 14.5. The Morgan fingerprint density at radius 1 is 1.16 bits per heavy atom. The Balaban J connectivity index is 1.95. The molecule has 0 fully saturated rings. The van der Waals surface area contributed by atoms with E-state index in [-0.39, 0.29) is 18.3 Å². The number of halogens is 1. The molecular formula is C15H15FN2O. The van der Waals surface area contributed by atoms with Gasteiger partial charge in [-0.05, 0) is 23.3 Å². The van der Waals surface area contributed by atoms with E-state index < -0.39 is 6.04 Å². The lowest BCUT2D eigenvalue weighted by molar-refractivity contribution is -0.122. The molecule has 3 nitrogen and oxygen atoms in total. The monoisotopic (exact) mass is 258 g/mol. The summed E-state index contributed by atoms with van der Waals surface area (Å²) in [7, 11) is 0. The van der Waals surface area contributed by atoms with Gasteiger partial charge >= 0.3 is 0 Å². The molecule has 4 heteroatoms. The molecule has 2 aromatic rings. The van der Waals surface area contributed by atoms with E-state index in [1.54, 1.807) is 24.3 Å². The van der Waals surface area contributed by atoms with E-state index in [4.69, 9.17) is 5.73 Å². The van der Waals surface area contributed by atoms with E-state index in [2.05, 4.69) is 5.32 Å². The van der Waals surface area contributed by atoms with E-state index >= 15 is 0 Å². The first-order valence-corrected chi connectivity index (χ1v) is 5.99. The number of hydrogen-bond donors (Lipinski definition) is 2. The van der Waals surface area contributed by atoms with Gasteiger partial charge in [0.05, 0.1) is 0 Å². The fourth-order valence-electron chi connectivity index (χ4n) is 1.76. The Hall–Kier alpha value is -2.20. The van der Waals surface area contributed by atoms with Crippen LogP contribution < -0.4 is 11.1 Å². The summed E-state index contributed by atoms with van der Waals surface area (Å²) in [5.41, 5.74) is 7.30. The maximum absolute atomic E-state index is 13.0. The minimum atomic E-state index is -0.713. The average Bonchev–Trinajstić information content (AvgIpc) is 2.45. The lowest BCUT2D eigenvalue weighted by atomic mass is 10.1. The van der Waals surface area contributed by atoms with Gasteiger partial charge in [0.2, 0.25) is 5.91 Å². The van der Waals surface area contributed by atoms with Gasteiger partial charge in [-0.25, -0.2) is 4.39 Å². The van der Waals surface area contributed by atoms with Crippen molar-refractivity contribution in [3.63, 3.8) is 0 Å². The SMILES string of the molecule is N[C@@H](C(=O)NCc1cccc(F)c1)c1ccccc1. The van der Waals surface area contributed by atoms with Gasteiger partial charge in [0.25, 0.3) is 0 Å². The van der Waals surface area contributed by atoms with E-state index in [9.17, 15) is 9.18 Å². The summed E-state index contributed by atoms with van der Waals surface area (Å²) >= 11 is 0. The van der Waals surface area contributed by atoms with Crippen LogP contribution in [0.25, 0.3) is 0 Å². The summed E-state index contributed by atoms with van der Waals surface area (Å²) in [6.07, 6.45) is 0. The Morgan fingerprint density at radius 2 is 1.89 bits per heavy atom. The minimum absolute atomic E-state index is 0.261. The van der Waals surface area contributed by atoms with Crippen LogP contribution in [0.3, 0.4) is 0 Å². The highest BCUT2D eigenvalue weighted by atomic mass is 19.1. The van der Waals surface area contributed by atoms with Gasteiger partial charge < -0.3 is 11.1 Å². The molecule has 98 valence electrons. The van der Waals surface area contributed by atoms with Gasteiger partial charge in [0, 0.05) is 6.54 Å². The predicted molar refractivity (Wildman–Crippen MR) is 71.6 cm³/mol. The van der Waals surface area contributed by atoms with Gasteiger partial charge in [-0.15, -0.1) is 0 Å². The van der Waals surface area contributed by atoms with Crippen molar-refractivity contribution < 1.29 is 9.18 Å². The van der Waals surface area contributed by atoms with E-state index in [0.717, 1.165) is 5.56 Å². The van der Waals surface area contributed by atoms with Crippen molar-refractivity contribution in [2.24, 2.45) is 5.73 Å². The molecule has 0 radical (unpaired) electrons. The molecule has 0 unspecified atom stereocenters. The second kappa shape index (κ2) is 6.11. The fourth-order valence-corrected chi connectivity index (χ4v) is 1.76. The molecule has 0 heterocycles. The number of amides is 1. The van der Waals surface area contributed by atoms with Crippen molar-refractivity contribution in [2.75, 3.05) is 0 Å². The number of rotatable bonds is 4. The lowest BCUT2D eigenvalue weighted by Crippen LogP contribution is -2.33. The van der Waals surface area contributed by atoms with Gasteiger partial charge in [-0.3, -0.25) is 4.79 Å². The summed E-state index contributed by atoms with van der Waals surface area (Å²) in [5, 5.41) is 2.69. The first-order valence-electron chi connectivity index (χ1n) is 5.99. The normalized spacial score (nSPS) is 11.9. The van der Waals surface area contributed by atoms with Crippen molar-refractivity contribution >= 4 is 5.91 Å². The van der Waals surface area contributed by atoms with Crippen molar-refractivity contribution in [1.29, 1.82) is 0 Å². The second-order valence-electron chi connectivity index (χ2n) is 4.24. The van der Waals surface area contributed by atoms with Crippen LogP contribution in [0.1, 0.15) is 17.2 Å². The molecule has 1 atom stereocenters. The van der Waals surface area contributed by atoms with Gasteiger partial charge in [-0.1, -0.05) is 42.5 Å². The second-order valence-corrected chi connectivity index (χ2v) is 4.24. The van der Waals surface area contributed by atoms with Crippen LogP contribution in [0.5, 0.6) is 0 Å². The van der Waals surface area contributed by atoms with Gasteiger partial charge in [-0.2, -0.15) is 0 Å². The van der Waals surface area contributed by atoms with Crippen molar-refractivity contribution in [2.45, 2.75) is 12.6 Å². The Kier molecular flexibility index (Phi) is 4.26. The Bertz CT molecular complexity index is 557. The standard InChI is InChI=1S/C15H15FN2O/c16-13-8-4-5-11(9-13)10-18-15(19)14(17)12-6-2-1-3-7-12/h1-9,14H,10,17H2,(H,18,19)/t14-/m1/s1. The number of carbonyl (C=O) groups excluding carboxylic acids is 1. The fraction of sp³-hybridized carbons (Fsp3) is 0.133. The van der Waals surface area contributed by atoms with E-state index in [0.29, 0.717) is 5.56 Å². The third-order valence-electron chi connectivity index (χ3n) is 2.80. The van der Waals surface area contributed by atoms with Crippen LogP contribution in [0, 0.1) is 5.82 Å². The topological polar surface area (TPSA) is 55.1 Å². The Labute approximate surface area is 111 Å². The molecule has 0 aliphatic rings. The number of hydrogen-bond acceptors (Lipinski definition) is 2. The number of nitrogens with one attached hydrogen (secondary N) is 1. The molecule has 0 aliphatic heterocycles. The third-order valence-corrected chi connectivity index (χ3v) is 2.80. The lowest BCUT2D eigenvalue weighted by Gasteiger charge is -2.12. The first kappa shape index (κ1) is 13.2. The molecule has 19 heavy (non-hydrogen) atoms. The summed E-state index contributed by atoms with van der Waals surface area (Å²) in [5.74, 6) is -0.602. The minimum Gasteiger partial charge on any atom is -0.350 e. The Morgan fingerprint density at radius 3 is 2.58 bits per heavy atom. The molecule has 1 amide bonds. The third kappa shape index (κ3) is 3.63. The molecule has 0 aromatic heterocycles. The highest BCUT2D eigenvalue weighted by Crippen LogP contribution is 2.10. The smallest absolute Gasteiger partial charge is 0.241 e. The highest BCUT2D eigenvalue weighted by molar-refractivity contribution is 5.82. The zero-order valence-corrected chi connectivity index (χ0v) is 10.3. The maximum Gasteiger partial charge on any atom is 0.241 e. The van der Waals surface area contributed by atoms with Gasteiger partial charge in [0.15, 0.2) is 0 Å². The summed E-state index contributed by atoms with van der Waals surface area (Å²) in [6.45, 7) is 0.261. The van der Waals surface area contributed by atoms with E-state index in [1.165, 1.54) is 12.1 Å². The summed E-state index contributed by atoms with van der Waals surface area (Å²) in [4.78, 5) is 11.9. The van der Waals surface area contributed by atoms with E-state index in [1.807, 2.05) is 18.2 Å². The number of benzene rings is 2. The molecule has 0 saturated heterocycles. The van der Waals surface area contributed by atoms with Crippen molar-refractivity contribution in [3.8, 4) is 0 Å². The number of nitrogens with two attached hydrogens (primary N) is 1. The first-order chi connectivity index (χ1) is 9.16. The van der Waals surface area contributed by atoms with Crippen LogP contribution in [-0.2, 0) is 11.3 Å². The highest BCUT2D eigenvalue weighted by Gasteiger charge is 2.14. The molecule has 0 saturated carbocycles. The van der Waals surface area contributed by atoms with Gasteiger partial charge in [0.1, 0.15) is 11.9 Å². The molecule has 2 aromatic carbocycles. The van der Waals surface area contributed by atoms with Crippen molar-refractivity contribution in [3.05, 3.63) is 71.5 Å². The average molecular weight is 258 g/mol. The largest absolute Gasteiger partial charge is 0.350 e. The van der Waals surface area contributed by atoms with Crippen molar-refractivity contribution in [1.82, 2.24) is 5.32 Å². The molecule has 3 N–H and O–H groups in total. The zero-order valence-electron chi connectivity index (χ0n) is 10.3. The maximum atomic E-state index is 13.0. The zero-order chi connectivity index (χ0) is 13.7. The van der Waals surface area contributed by atoms with Crippen LogP contribution >= 0.6 is 0 Å². The predicted octanol–water partition coefficient (Wildman–Crippen LogP) is 2.14. The van der Waals surface area contributed by atoms with Crippen LogP contribution in [0.2, 0.25) is 0 Å². The quantitative estimate of drug-likeness (QED) is 0.882. The molecule has 0 spiro atoms. The van der Waals surface area contributed by atoms with Crippen LogP contribution in [0.15, 0.2) is 54.6 Å².